The summed E-state index contributed by atoms with van der Waals surface area (Å²) in [5, 5.41) is 12.8. The van der Waals surface area contributed by atoms with Gasteiger partial charge in [0.15, 0.2) is 9.84 Å². The molecule has 0 amide bonds. The standard InChI is InChI=1S/C11H16N2O3S/c1-8(9-3-2-4-12-5-9)13-10-6-17(15,16)7-11(10)14/h2-5,8,10-11,13-14H,6-7H2,1H3/t8-,10?,11?/m0/s1. The summed E-state index contributed by atoms with van der Waals surface area (Å²) in [6.45, 7) is 1.93. The van der Waals surface area contributed by atoms with Crippen molar-refractivity contribution in [2.24, 2.45) is 0 Å². The fourth-order valence-corrected chi connectivity index (χ4v) is 3.79. The van der Waals surface area contributed by atoms with Gasteiger partial charge in [0.2, 0.25) is 0 Å². The van der Waals surface area contributed by atoms with E-state index < -0.39 is 22.0 Å². The van der Waals surface area contributed by atoms with Crippen LogP contribution in [0.1, 0.15) is 18.5 Å². The van der Waals surface area contributed by atoms with Crippen LogP contribution < -0.4 is 5.32 Å². The molecule has 1 aliphatic heterocycles. The smallest absolute Gasteiger partial charge is 0.154 e. The summed E-state index contributed by atoms with van der Waals surface area (Å²) >= 11 is 0. The lowest BCUT2D eigenvalue weighted by Crippen LogP contribution is -2.40. The number of rotatable bonds is 3. The highest BCUT2D eigenvalue weighted by atomic mass is 32.2. The minimum absolute atomic E-state index is 0.00122. The molecule has 2 N–H and O–H groups in total. The fourth-order valence-electron chi connectivity index (χ4n) is 2.04. The molecule has 1 aliphatic rings. The zero-order valence-electron chi connectivity index (χ0n) is 9.57. The molecule has 1 saturated heterocycles. The van der Waals surface area contributed by atoms with Crippen LogP contribution in [0.4, 0.5) is 0 Å². The average Bonchev–Trinajstić information content (AvgIpc) is 2.53. The molecule has 0 spiro atoms. The van der Waals surface area contributed by atoms with Gasteiger partial charge in [-0.3, -0.25) is 4.98 Å². The van der Waals surface area contributed by atoms with E-state index >= 15 is 0 Å². The lowest BCUT2D eigenvalue weighted by atomic mass is 10.1. The van der Waals surface area contributed by atoms with E-state index in [1.54, 1.807) is 12.4 Å². The number of aromatic nitrogens is 1. The molecular formula is C11H16N2O3S. The maximum absolute atomic E-state index is 11.4. The van der Waals surface area contributed by atoms with E-state index in [0.29, 0.717) is 0 Å². The van der Waals surface area contributed by atoms with Gasteiger partial charge in [0.1, 0.15) is 0 Å². The molecule has 1 aromatic rings. The summed E-state index contributed by atoms with van der Waals surface area (Å²) in [5.74, 6) is -0.150. The van der Waals surface area contributed by atoms with Crippen LogP contribution in [0.2, 0.25) is 0 Å². The molecule has 0 aromatic carbocycles. The Morgan fingerprint density at radius 3 is 2.82 bits per heavy atom. The highest BCUT2D eigenvalue weighted by Gasteiger charge is 2.36. The van der Waals surface area contributed by atoms with Crippen molar-refractivity contribution < 1.29 is 13.5 Å². The van der Waals surface area contributed by atoms with Crippen LogP contribution in [0, 0.1) is 0 Å². The summed E-state index contributed by atoms with van der Waals surface area (Å²) in [6, 6.07) is 3.32. The van der Waals surface area contributed by atoms with Crippen LogP contribution in [0.5, 0.6) is 0 Å². The fraction of sp³-hybridized carbons (Fsp3) is 0.545. The quantitative estimate of drug-likeness (QED) is 0.789. The van der Waals surface area contributed by atoms with Crippen LogP contribution in [-0.4, -0.2) is 42.2 Å². The molecule has 0 radical (unpaired) electrons. The van der Waals surface area contributed by atoms with Crippen LogP contribution in [0.25, 0.3) is 0 Å². The second-order valence-electron chi connectivity index (χ2n) is 4.43. The van der Waals surface area contributed by atoms with Gasteiger partial charge in [-0.1, -0.05) is 6.07 Å². The Morgan fingerprint density at radius 2 is 2.29 bits per heavy atom. The molecule has 0 bridgehead atoms. The Morgan fingerprint density at radius 1 is 1.53 bits per heavy atom. The van der Waals surface area contributed by atoms with Gasteiger partial charge in [0, 0.05) is 24.5 Å². The first-order valence-electron chi connectivity index (χ1n) is 5.52. The van der Waals surface area contributed by atoms with Crippen molar-refractivity contribution in [1.82, 2.24) is 10.3 Å². The zero-order chi connectivity index (χ0) is 12.5. The lowest BCUT2D eigenvalue weighted by Gasteiger charge is -2.20. The monoisotopic (exact) mass is 256 g/mol. The highest BCUT2D eigenvalue weighted by molar-refractivity contribution is 7.91. The molecule has 1 fully saturated rings. The molecule has 6 heteroatoms. The number of aliphatic hydroxyl groups excluding tert-OH is 1. The van der Waals surface area contributed by atoms with Crippen molar-refractivity contribution in [3.63, 3.8) is 0 Å². The van der Waals surface area contributed by atoms with Gasteiger partial charge in [-0.25, -0.2) is 8.42 Å². The van der Waals surface area contributed by atoms with E-state index in [1.807, 2.05) is 19.1 Å². The topological polar surface area (TPSA) is 79.3 Å². The van der Waals surface area contributed by atoms with Gasteiger partial charge >= 0.3 is 0 Å². The van der Waals surface area contributed by atoms with E-state index in [1.165, 1.54) is 0 Å². The van der Waals surface area contributed by atoms with Gasteiger partial charge in [0.05, 0.1) is 17.6 Å². The first-order chi connectivity index (χ1) is 7.98. The maximum atomic E-state index is 11.4. The molecule has 2 unspecified atom stereocenters. The summed E-state index contributed by atoms with van der Waals surface area (Å²) in [7, 11) is -3.10. The van der Waals surface area contributed by atoms with Gasteiger partial charge < -0.3 is 10.4 Å². The summed E-state index contributed by atoms with van der Waals surface area (Å²) in [5.41, 5.74) is 0.976. The third-order valence-corrected chi connectivity index (χ3v) is 4.69. The SMILES string of the molecule is C[C@H](NC1CS(=O)(=O)CC1O)c1cccnc1. The van der Waals surface area contributed by atoms with E-state index in [2.05, 4.69) is 10.3 Å². The number of hydrogen-bond acceptors (Lipinski definition) is 5. The number of nitrogens with zero attached hydrogens (tertiary/aromatic N) is 1. The molecule has 94 valence electrons. The average molecular weight is 256 g/mol. The Kier molecular flexibility index (Phi) is 3.46. The Labute approximate surface area is 101 Å². The van der Waals surface area contributed by atoms with Gasteiger partial charge in [-0.2, -0.15) is 0 Å². The second kappa shape index (κ2) is 4.72. The van der Waals surface area contributed by atoms with E-state index in [-0.39, 0.29) is 17.5 Å². The largest absolute Gasteiger partial charge is 0.390 e. The Balaban J connectivity index is 2.03. The Hall–Kier alpha value is -0.980. The molecule has 0 saturated carbocycles. The molecule has 5 nitrogen and oxygen atoms in total. The third-order valence-electron chi connectivity index (χ3n) is 2.97. The number of aliphatic hydroxyl groups is 1. The number of hydrogen-bond donors (Lipinski definition) is 2. The molecule has 3 atom stereocenters. The van der Waals surface area contributed by atoms with Crippen LogP contribution >= 0.6 is 0 Å². The molecular weight excluding hydrogens is 240 g/mol. The van der Waals surface area contributed by atoms with Gasteiger partial charge in [0.25, 0.3) is 0 Å². The zero-order valence-corrected chi connectivity index (χ0v) is 10.4. The van der Waals surface area contributed by atoms with Crippen molar-refractivity contribution in [1.29, 1.82) is 0 Å². The van der Waals surface area contributed by atoms with Gasteiger partial charge in [-0.15, -0.1) is 0 Å². The maximum Gasteiger partial charge on any atom is 0.154 e. The minimum Gasteiger partial charge on any atom is -0.390 e. The summed E-state index contributed by atoms with van der Waals surface area (Å²) in [6.07, 6.45) is 2.60. The predicted octanol–water partition coefficient (Wildman–Crippen LogP) is -0.110. The molecule has 17 heavy (non-hydrogen) atoms. The second-order valence-corrected chi connectivity index (χ2v) is 6.58. The van der Waals surface area contributed by atoms with Crippen molar-refractivity contribution in [2.75, 3.05) is 11.5 Å². The van der Waals surface area contributed by atoms with E-state index in [4.69, 9.17) is 0 Å². The van der Waals surface area contributed by atoms with Crippen LogP contribution in [0.3, 0.4) is 0 Å². The van der Waals surface area contributed by atoms with Crippen molar-refractivity contribution in [3.05, 3.63) is 30.1 Å². The number of pyridine rings is 1. The summed E-state index contributed by atoms with van der Waals surface area (Å²) in [4.78, 5) is 4.01. The molecule has 0 aliphatic carbocycles. The number of sulfone groups is 1. The first-order valence-corrected chi connectivity index (χ1v) is 7.34. The van der Waals surface area contributed by atoms with Crippen molar-refractivity contribution >= 4 is 9.84 Å². The van der Waals surface area contributed by atoms with Crippen LogP contribution in [0.15, 0.2) is 24.5 Å². The molecule has 2 heterocycles. The normalized spacial score (nSPS) is 29.1. The Bertz CT molecular complexity index is 475. The van der Waals surface area contributed by atoms with Crippen molar-refractivity contribution in [3.8, 4) is 0 Å². The lowest BCUT2D eigenvalue weighted by molar-refractivity contribution is 0.160. The highest BCUT2D eigenvalue weighted by Crippen LogP contribution is 2.17. The van der Waals surface area contributed by atoms with Crippen LogP contribution in [-0.2, 0) is 9.84 Å². The minimum atomic E-state index is -3.10. The molecule has 1 aromatic heterocycles. The third kappa shape index (κ3) is 3.02. The summed E-state index contributed by atoms with van der Waals surface area (Å²) < 4.78 is 22.7. The molecule has 2 rings (SSSR count). The van der Waals surface area contributed by atoms with Gasteiger partial charge in [-0.05, 0) is 18.6 Å². The van der Waals surface area contributed by atoms with E-state index in [9.17, 15) is 13.5 Å². The number of nitrogens with one attached hydrogen (secondary N) is 1. The van der Waals surface area contributed by atoms with Crippen molar-refractivity contribution in [2.45, 2.75) is 25.1 Å². The first kappa shape index (κ1) is 12.5. The predicted molar refractivity (Wildman–Crippen MR) is 64.2 cm³/mol. The van der Waals surface area contributed by atoms with E-state index in [0.717, 1.165) is 5.56 Å².